The van der Waals surface area contributed by atoms with Gasteiger partial charge in [-0.3, -0.25) is 0 Å². The Morgan fingerprint density at radius 1 is 0.456 bits per heavy atom. The first-order valence-electron chi connectivity index (χ1n) is 25.2. The SMILES string of the molecule is CC(C)(C)c1ccc2c(c1)B1c3cc4c(cc3N(c3ccc5c(c3)C(C)(C)CC5(C)C)c3cc(C(C)(C)C)cc(c31)N2c1cccc(-c2cccc3c2oc2ccccc23)c1)C(C)(C)CC4(C)C. The molecule has 0 radical (unpaired) electrons. The van der Waals surface area contributed by atoms with Crippen molar-refractivity contribution in [3.05, 3.63) is 161 Å². The van der Waals surface area contributed by atoms with Gasteiger partial charge < -0.3 is 14.2 Å². The molecule has 3 nitrogen and oxygen atoms in total. The predicted molar refractivity (Wildman–Crippen MR) is 292 cm³/mol. The quantitative estimate of drug-likeness (QED) is 0.165. The Kier molecular flexibility index (Phi) is 8.81. The Hall–Kier alpha value is -6.00. The Bertz CT molecular complexity index is 3450. The van der Waals surface area contributed by atoms with Gasteiger partial charge in [0.15, 0.2) is 0 Å². The van der Waals surface area contributed by atoms with Gasteiger partial charge in [0, 0.05) is 50.5 Å². The number of benzene rings is 7. The van der Waals surface area contributed by atoms with E-state index < -0.39 is 0 Å². The first-order valence-corrected chi connectivity index (χ1v) is 25.2. The molecule has 0 fully saturated rings. The van der Waals surface area contributed by atoms with Gasteiger partial charge in [-0.2, -0.15) is 0 Å². The van der Waals surface area contributed by atoms with E-state index in [2.05, 4.69) is 234 Å². The number of para-hydroxylation sites is 2. The number of hydrogen-bond donors (Lipinski definition) is 0. The minimum Gasteiger partial charge on any atom is -0.455 e. The van der Waals surface area contributed by atoms with Crippen molar-refractivity contribution in [3.8, 4) is 11.1 Å². The summed E-state index contributed by atoms with van der Waals surface area (Å²) in [6.07, 6.45) is 2.25. The van der Waals surface area contributed by atoms with Crippen LogP contribution in [0.25, 0.3) is 33.1 Å². The van der Waals surface area contributed by atoms with Crippen LogP contribution in [0.15, 0.2) is 132 Å². The zero-order valence-corrected chi connectivity index (χ0v) is 42.9. The largest absolute Gasteiger partial charge is 0.455 e. The predicted octanol–water partition coefficient (Wildman–Crippen LogP) is 15.8. The van der Waals surface area contributed by atoms with Crippen LogP contribution in [0.2, 0.25) is 0 Å². The van der Waals surface area contributed by atoms with E-state index >= 15 is 0 Å². The van der Waals surface area contributed by atoms with Crippen LogP contribution in [-0.4, -0.2) is 6.71 Å². The summed E-state index contributed by atoms with van der Waals surface area (Å²) in [6.45, 7) is 33.9. The van der Waals surface area contributed by atoms with Crippen LogP contribution in [-0.2, 0) is 32.5 Å². The Labute approximate surface area is 405 Å². The molecule has 0 N–H and O–H groups in total. The lowest BCUT2D eigenvalue weighted by atomic mass is 9.33. The maximum absolute atomic E-state index is 6.66. The highest BCUT2D eigenvalue weighted by molar-refractivity contribution is 7.00. The Morgan fingerprint density at radius 3 is 1.72 bits per heavy atom. The summed E-state index contributed by atoms with van der Waals surface area (Å²) in [5.74, 6) is 0. The van der Waals surface area contributed by atoms with Crippen LogP contribution in [0.4, 0.5) is 34.1 Å². The summed E-state index contributed by atoms with van der Waals surface area (Å²) in [7, 11) is 0. The average Bonchev–Trinajstić information content (AvgIpc) is 3.81. The highest BCUT2D eigenvalue weighted by Gasteiger charge is 2.49. The highest BCUT2D eigenvalue weighted by Crippen LogP contribution is 2.55. The standard InChI is InChI=1S/C64H67BN2O/c1-59(2,3)39-25-28-52-50(30-39)65-51-34-48-49(64(13,14)37-63(48,11)12)35-53(51)67(42-26-27-46-47(33-42)62(9,10)36-61(46,7)8)55-32-40(60(4,5)6)31-54(57(55)65)66(52)41-20-17-19-38(29-41)43-22-18-23-45-44-21-15-16-24-56(44)68-58(43)45/h15-35H,36-37H2,1-14H3. The van der Waals surface area contributed by atoms with E-state index in [1.165, 1.54) is 78.2 Å². The molecule has 8 aromatic rings. The second-order valence-electron chi connectivity index (χ2n) is 25.7. The van der Waals surface area contributed by atoms with Crippen LogP contribution in [0.3, 0.4) is 0 Å². The molecule has 2 aliphatic heterocycles. The zero-order valence-electron chi connectivity index (χ0n) is 42.9. The lowest BCUT2D eigenvalue weighted by molar-refractivity contribution is 0.403. The van der Waals surface area contributed by atoms with Crippen LogP contribution in [0.1, 0.15) is 143 Å². The van der Waals surface area contributed by atoms with E-state index in [1.807, 2.05) is 0 Å². The van der Waals surface area contributed by atoms with E-state index in [-0.39, 0.29) is 39.2 Å². The summed E-state index contributed by atoms with van der Waals surface area (Å²) in [5, 5.41) is 2.29. The third kappa shape index (κ3) is 6.24. The van der Waals surface area contributed by atoms with E-state index in [9.17, 15) is 0 Å². The van der Waals surface area contributed by atoms with Gasteiger partial charge in [-0.15, -0.1) is 0 Å². The third-order valence-corrected chi connectivity index (χ3v) is 16.7. The molecule has 2 aliphatic carbocycles. The molecule has 0 atom stereocenters. The van der Waals surface area contributed by atoms with Crippen LogP contribution in [0, 0.1) is 0 Å². The molecule has 0 bridgehead atoms. The van der Waals surface area contributed by atoms with Crippen molar-refractivity contribution in [2.24, 2.45) is 0 Å². The molecule has 7 aromatic carbocycles. The molecule has 0 saturated heterocycles. The number of nitrogens with zero attached hydrogens (tertiary/aromatic N) is 2. The fourth-order valence-electron chi connectivity index (χ4n) is 13.8. The Morgan fingerprint density at radius 2 is 1.03 bits per heavy atom. The van der Waals surface area contributed by atoms with Crippen LogP contribution >= 0.6 is 0 Å². The van der Waals surface area contributed by atoms with Gasteiger partial charge in [-0.1, -0.05) is 170 Å². The molecule has 0 spiro atoms. The molecule has 4 heteroatoms. The number of rotatable bonds is 3. The fourth-order valence-corrected chi connectivity index (χ4v) is 13.8. The van der Waals surface area contributed by atoms with E-state index in [0.717, 1.165) is 51.6 Å². The molecule has 0 saturated carbocycles. The van der Waals surface area contributed by atoms with Crippen molar-refractivity contribution >= 4 is 79.2 Å². The van der Waals surface area contributed by atoms with Crippen molar-refractivity contribution in [1.29, 1.82) is 0 Å². The maximum Gasteiger partial charge on any atom is 0.252 e. The Balaban J connectivity index is 1.18. The summed E-state index contributed by atoms with van der Waals surface area (Å²) in [4.78, 5) is 5.30. The number of fused-ring (bicyclic) bond motifs is 9. The molecular weight excluding hydrogens is 824 g/mol. The molecular formula is C64H67BN2O. The van der Waals surface area contributed by atoms with Gasteiger partial charge in [-0.05, 0) is 155 Å². The summed E-state index contributed by atoms with van der Waals surface area (Å²) in [5.41, 5.74) is 24.5. The van der Waals surface area contributed by atoms with Crippen molar-refractivity contribution in [2.75, 3.05) is 9.80 Å². The molecule has 4 aliphatic rings. The molecule has 68 heavy (non-hydrogen) atoms. The molecule has 0 amide bonds. The van der Waals surface area contributed by atoms with Gasteiger partial charge in [0.2, 0.25) is 0 Å². The highest BCUT2D eigenvalue weighted by atomic mass is 16.3. The molecule has 342 valence electrons. The molecule has 12 rings (SSSR count). The van der Waals surface area contributed by atoms with E-state index in [4.69, 9.17) is 4.42 Å². The number of hydrogen-bond acceptors (Lipinski definition) is 3. The van der Waals surface area contributed by atoms with Crippen LogP contribution < -0.4 is 26.2 Å². The zero-order chi connectivity index (χ0) is 47.8. The lowest BCUT2D eigenvalue weighted by Crippen LogP contribution is -2.62. The molecule has 1 aromatic heterocycles. The van der Waals surface area contributed by atoms with Crippen molar-refractivity contribution in [3.63, 3.8) is 0 Å². The molecule has 3 heterocycles. The minimum absolute atomic E-state index is 0.0240. The topological polar surface area (TPSA) is 19.6 Å². The third-order valence-electron chi connectivity index (χ3n) is 16.7. The second kappa shape index (κ2) is 13.8. The minimum atomic E-state index is -0.123. The monoisotopic (exact) mass is 891 g/mol. The maximum atomic E-state index is 6.66. The van der Waals surface area contributed by atoms with E-state index in [0.29, 0.717) is 0 Å². The molecule has 0 unspecified atom stereocenters. The number of furan rings is 1. The van der Waals surface area contributed by atoms with E-state index in [1.54, 1.807) is 0 Å². The second-order valence-corrected chi connectivity index (χ2v) is 25.7. The summed E-state index contributed by atoms with van der Waals surface area (Å²) in [6, 6.07) is 49.5. The van der Waals surface area contributed by atoms with Gasteiger partial charge in [0.25, 0.3) is 6.71 Å². The van der Waals surface area contributed by atoms with Gasteiger partial charge >= 0.3 is 0 Å². The lowest BCUT2D eigenvalue weighted by Gasteiger charge is -2.46. The normalized spacial score (nSPS) is 18.1. The van der Waals surface area contributed by atoms with Gasteiger partial charge in [0.1, 0.15) is 11.2 Å². The number of anilines is 6. The van der Waals surface area contributed by atoms with Crippen molar-refractivity contribution < 1.29 is 4.42 Å². The first kappa shape index (κ1) is 43.3. The van der Waals surface area contributed by atoms with Gasteiger partial charge in [0.05, 0.1) is 0 Å². The smallest absolute Gasteiger partial charge is 0.252 e. The summed E-state index contributed by atoms with van der Waals surface area (Å²) >= 11 is 0. The fraction of sp³-hybridized carbons (Fsp3) is 0.344. The van der Waals surface area contributed by atoms with Crippen molar-refractivity contribution in [1.82, 2.24) is 0 Å². The summed E-state index contributed by atoms with van der Waals surface area (Å²) < 4.78 is 6.66. The van der Waals surface area contributed by atoms with Crippen LogP contribution in [0.5, 0.6) is 0 Å². The average molecular weight is 891 g/mol. The van der Waals surface area contributed by atoms with Gasteiger partial charge in [-0.25, -0.2) is 0 Å². The van der Waals surface area contributed by atoms with Crippen molar-refractivity contribution in [2.45, 2.75) is 142 Å². The first-order chi connectivity index (χ1) is 31.9.